The quantitative estimate of drug-likeness (QED) is 0.770. The lowest BCUT2D eigenvalue weighted by Gasteiger charge is -2.16. The predicted octanol–water partition coefficient (Wildman–Crippen LogP) is 3.34. The zero-order valence-corrected chi connectivity index (χ0v) is 13.5. The van der Waals surface area contributed by atoms with Crippen LogP contribution in [0.4, 0.5) is 0 Å². The Morgan fingerprint density at radius 1 is 1.44 bits per heavy atom. The summed E-state index contributed by atoms with van der Waals surface area (Å²) < 4.78 is 2.06. The third-order valence-electron chi connectivity index (χ3n) is 3.66. The highest BCUT2D eigenvalue weighted by Crippen LogP contribution is 2.26. The van der Waals surface area contributed by atoms with Crippen molar-refractivity contribution in [1.82, 2.24) is 14.7 Å². The molecular formula is C13H21BrClN3. The molecule has 1 saturated heterocycles. The van der Waals surface area contributed by atoms with Crippen LogP contribution in [0, 0.1) is 5.92 Å². The second-order valence-corrected chi connectivity index (χ2v) is 5.95. The Hall–Kier alpha value is -0.0600. The van der Waals surface area contributed by atoms with E-state index in [-0.39, 0.29) is 0 Å². The monoisotopic (exact) mass is 333 g/mol. The number of likely N-dealkylation sites (tertiary alicyclic amines) is 1. The molecule has 0 bridgehead atoms. The van der Waals surface area contributed by atoms with Gasteiger partial charge >= 0.3 is 0 Å². The average Bonchev–Trinajstić information content (AvgIpc) is 2.96. The molecule has 0 aliphatic carbocycles. The van der Waals surface area contributed by atoms with Crippen LogP contribution in [0.25, 0.3) is 0 Å². The first-order valence-electron chi connectivity index (χ1n) is 6.71. The molecule has 5 heteroatoms. The Bertz CT molecular complexity index is 405. The van der Waals surface area contributed by atoms with Crippen LogP contribution in [-0.2, 0) is 19.5 Å². The van der Waals surface area contributed by atoms with E-state index in [1.54, 1.807) is 0 Å². The Kier molecular flexibility index (Phi) is 5.10. The Morgan fingerprint density at radius 2 is 2.22 bits per heavy atom. The maximum atomic E-state index is 6.44. The van der Waals surface area contributed by atoms with Crippen molar-refractivity contribution >= 4 is 27.5 Å². The van der Waals surface area contributed by atoms with Crippen molar-refractivity contribution in [1.29, 1.82) is 0 Å². The molecule has 1 fully saturated rings. The molecular weight excluding hydrogens is 314 g/mol. The van der Waals surface area contributed by atoms with E-state index in [9.17, 15) is 0 Å². The number of aryl methyl sites for hydroxylation is 2. The molecule has 1 unspecified atom stereocenters. The summed E-state index contributed by atoms with van der Waals surface area (Å²) in [4.78, 5) is 2.49. The van der Waals surface area contributed by atoms with E-state index >= 15 is 0 Å². The van der Waals surface area contributed by atoms with Crippen molar-refractivity contribution < 1.29 is 0 Å². The molecule has 0 amide bonds. The van der Waals surface area contributed by atoms with Gasteiger partial charge in [0, 0.05) is 25.0 Å². The first kappa shape index (κ1) is 14.4. The zero-order chi connectivity index (χ0) is 13.1. The highest BCUT2D eigenvalue weighted by Gasteiger charge is 2.24. The van der Waals surface area contributed by atoms with Crippen molar-refractivity contribution in [2.75, 3.05) is 18.4 Å². The molecule has 102 valence electrons. The van der Waals surface area contributed by atoms with E-state index < -0.39 is 0 Å². The van der Waals surface area contributed by atoms with Gasteiger partial charge in [0.05, 0.1) is 16.4 Å². The third kappa shape index (κ3) is 2.91. The molecule has 0 radical (unpaired) electrons. The van der Waals surface area contributed by atoms with Crippen molar-refractivity contribution in [3.8, 4) is 0 Å². The molecule has 0 spiro atoms. The maximum Gasteiger partial charge on any atom is 0.0863 e. The molecule has 0 saturated carbocycles. The van der Waals surface area contributed by atoms with Gasteiger partial charge in [-0.15, -0.1) is 0 Å². The molecule has 1 aromatic rings. The number of alkyl halides is 1. The van der Waals surface area contributed by atoms with Crippen LogP contribution >= 0.6 is 27.5 Å². The predicted molar refractivity (Wildman–Crippen MR) is 79.5 cm³/mol. The molecule has 1 aliphatic heterocycles. The van der Waals surface area contributed by atoms with Crippen molar-refractivity contribution in [2.24, 2.45) is 5.92 Å². The van der Waals surface area contributed by atoms with E-state index in [0.29, 0.717) is 0 Å². The number of halogens is 2. The summed E-state index contributed by atoms with van der Waals surface area (Å²) >= 11 is 10.0. The second kappa shape index (κ2) is 6.40. The number of aromatic nitrogens is 2. The molecule has 0 aromatic carbocycles. The van der Waals surface area contributed by atoms with Crippen LogP contribution in [0.2, 0.25) is 5.02 Å². The third-order valence-corrected chi connectivity index (χ3v) is 5.01. The van der Waals surface area contributed by atoms with Crippen molar-refractivity contribution in [2.45, 2.75) is 39.8 Å². The summed E-state index contributed by atoms with van der Waals surface area (Å²) in [6, 6.07) is 0. The van der Waals surface area contributed by atoms with Gasteiger partial charge in [-0.25, -0.2) is 0 Å². The van der Waals surface area contributed by atoms with Gasteiger partial charge in [0.25, 0.3) is 0 Å². The highest BCUT2D eigenvalue weighted by molar-refractivity contribution is 9.09. The summed E-state index contributed by atoms with van der Waals surface area (Å²) in [6.07, 6.45) is 2.19. The molecule has 18 heavy (non-hydrogen) atoms. The van der Waals surface area contributed by atoms with Gasteiger partial charge in [-0.05, 0) is 32.2 Å². The minimum atomic E-state index is 0.785. The molecule has 3 nitrogen and oxygen atoms in total. The Morgan fingerprint density at radius 3 is 2.78 bits per heavy atom. The summed E-state index contributed by atoms with van der Waals surface area (Å²) in [5.41, 5.74) is 2.22. The van der Waals surface area contributed by atoms with Gasteiger partial charge in [0.1, 0.15) is 0 Å². The van der Waals surface area contributed by atoms with E-state index in [1.165, 1.54) is 18.7 Å². The van der Waals surface area contributed by atoms with Gasteiger partial charge in [-0.1, -0.05) is 34.5 Å². The molecule has 2 rings (SSSR count). The second-order valence-electron chi connectivity index (χ2n) is 4.92. The number of hydrogen-bond donors (Lipinski definition) is 0. The van der Waals surface area contributed by atoms with Gasteiger partial charge in [-0.2, -0.15) is 5.10 Å². The lowest BCUT2D eigenvalue weighted by Crippen LogP contribution is -2.22. The average molecular weight is 335 g/mol. The van der Waals surface area contributed by atoms with E-state index in [4.69, 9.17) is 11.6 Å². The standard InChI is InChI=1S/C13H21BrClN3/c1-3-11-13(15)12(18(4-2)16-11)9-17-6-5-10(7-14)8-17/h10H,3-9H2,1-2H3. The highest BCUT2D eigenvalue weighted by atomic mass is 79.9. The zero-order valence-electron chi connectivity index (χ0n) is 11.1. The number of hydrogen-bond acceptors (Lipinski definition) is 2. The first-order valence-corrected chi connectivity index (χ1v) is 8.21. The lowest BCUT2D eigenvalue weighted by atomic mass is 10.2. The summed E-state index contributed by atoms with van der Waals surface area (Å²) in [5.74, 6) is 0.785. The smallest absolute Gasteiger partial charge is 0.0863 e. The molecule has 1 aliphatic rings. The summed E-state index contributed by atoms with van der Waals surface area (Å²) in [6.45, 7) is 8.39. The normalized spacial score (nSPS) is 20.8. The van der Waals surface area contributed by atoms with Gasteiger partial charge in [0.15, 0.2) is 0 Å². The Labute approximate surface area is 123 Å². The van der Waals surface area contributed by atoms with Crippen LogP contribution < -0.4 is 0 Å². The summed E-state index contributed by atoms with van der Waals surface area (Å²) in [5, 5.41) is 6.55. The van der Waals surface area contributed by atoms with Crippen LogP contribution in [0.15, 0.2) is 0 Å². The fourth-order valence-electron chi connectivity index (χ4n) is 2.56. The van der Waals surface area contributed by atoms with E-state index in [2.05, 4.69) is 44.5 Å². The molecule has 1 aromatic heterocycles. The van der Waals surface area contributed by atoms with Crippen LogP contribution in [0.5, 0.6) is 0 Å². The largest absolute Gasteiger partial charge is 0.297 e. The van der Waals surface area contributed by atoms with E-state index in [0.717, 1.165) is 48.0 Å². The maximum absolute atomic E-state index is 6.44. The number of rotatable bonds is 5. The van der Waals surface area contributed by atoms with E-state index in [1.807, 2.05) is 0 Å². The van der Waals surface area contributed by atoms with Crippen LogP contribution in [0.1, 0.15) is 31.7 Å². The topological polar surface area (TPSA) is 21.1 Å². The first-order chi connectivity index (χ1) is 8.69. The van der Waals surface area contributed by atoms with Crippen molar-refractivity contribution in [3.05, 3.63) is 16.4 Å². The Balaban J connectivity index is 2.11. The van der Waals surface area contributed by atoms with Crippen molar-refractivity contribution in [3.63, 3.8) is 0 Å². The molecule has 2 heterocycles. The van der Waals surface area contributed by atoms with Crippen LogP contribution in [-0.4, -0.2) is 33.1 Å². The fourth-order valence-corrected chi connectivity index (χ4v) is 3.42. The van der Waals surface area contributed by atoms with Gasteiger partial charge in [0.2, 0.25) is 0 Å². The molecule has 1 atom stereocenters. The summed E-state index contributed by atoms with van der Waals surface area (Å²) in [7, 11) is 0. The fraction of sp³-hybridized carbons (Fsp3) is 0.769. The SMILES string of the molecule is CCc1nn(CC)c(CN2CCC(CBr)C2)c1Cl. The van der Waals surface area contributed by atoms with Crippen LogP contribution in [0.3, 0.4) is 0 Å². The van der Waals surface area contributed by atoms with Gasteiger partial charge < -0.3 is 0 Å². The lowest BCUT2D eigenvalue weighted by molar-refractivity contribution is 0.309. The number of nitrogens with zero attached hydrogens (tertiary/aromatic N) is 3. The minimum absolute atomic E-state index is 0.785. The van der Waals surface area contributed by atoms with Gasteiger partial charge in [-0.3, -0.25) is 9.58 Å². The minimum Gasteiger partial charge on any atom is -0.297 e. The molecule has 0 N–H and O–H groups in total.